The summed E-state index contributed by atoms with van der Waals surface area (Å²) in [5, 5.41) is 3.18. The lowest BCUT2D eigenvalue weighted by atomic mass is 10.1. The molecule has 2 aromatic carbocycles. The topological polar surface area (TPSA) is 51.1 Å². The van der Waals surface area contributed by atoms with Crippen LogP contribution in [0.5, 0.6) is 0 Å². The average molecular weight is 388 g/mol. The number of aromatic nitrogens is 1. The van der Waals surface area contributed by atoms with E-state index < -0.39 is 21.7 Å². The lowest BCUT2D eigenvalue weighted by Crippen LogP contribution is -2.17. The Bertz CT molecular complexity index is 1120. The predicted octanol–water partition coefficient (Wildman–Crippen LogP) is 3.88. The predicted molar refractivity (Wildman–Crippen MR) is 98.9 cm³/mol. The largest absolute Gasteiger partial charge is 0.313 e. The first-order chi connectivity index (χ1) is 12.9. The van der Waals surface area contributed by atoms with E-state index >= 15 is 0 Å². The normalized spacial score (nSPS) is 16.5. The molecule has 0 fully saturated rings. The fourth-order valence-electron chi connectivity index (χ4n) is 3.69. The van der Waals surface area contributed by atoms with Crippen molar-refractivity contribution in [2.24, 2.45) is 0 Å². The molecule has 0 aliphatic heterocycles. The van der Waals surface area contributed by atoms with Crippen molar-refractivity contribution in [3.8, 4) is 11.3 Å². The van der Waals surface area contributed by atoms with Gasteiger partial charge >= 0.3 is 0 Å². The number of nitrogens with one attached hydrogen (secondary N) is 1. The zero-order valence-corrected chi connectivity index (χ0v) is 15.4. The first kappa shape index (κ1) is 17.9. The smallest absolute Gasteiger partial charge is 0.268 e. The standard InChI is InChI=1S/C20H18F2N2O2S/c1-23-18-8-9-19-17(18)12-20(13-4-2-5-14(21)10-13)24(19)27(25,26)16-7-3-6-15(22)11-16/h2-7,10-12,18,23H,8-9H2,1H3. The summed E-state index contributed by atoms with van der Waals surface area (Å²) in [5.41, 5.74) is 2.36. The van der Waals surface area contributed by atoms with Crippen molar-refractivity contribution in [1.82, 2.24) is 9.29 Å². The molecule has 0 saturated carbocycles. The maximum atomic E-state index is 13.8. The third kappa shape index (κ3) is 2.96. The van der Waals surface area contributed by atoms with E-state index in [1.807, 2.05) is 7.05 Å². The number of hydrogen-bond donors (Lipinski definition) is 1. The summed E-state index contributed by atoms with van der Waals surface area (Å²) in [5.74, 6) is -1.07. The second-order valence-corrected chi connectivity index (χ2v) is 8.34. The highest BCUT2D eigenvalue weighted by molar-refractivity contribution is 7.90. The zero-order valence-electron chi connectivity index (χ0n) is 14.6. The lowest BCUT2D eigenvalue weighted by molar-refractivity contribution is 0.579. The molecule has 140 valence electrons. The van der Waals surface area contributed by atoms with E-state index in [-0.39, 0.29) is 10.9 Å². The molecule has 4 rings (SSSR count). The van der Waals surface area contributed by atoms with Gasteiger partial charge in [0, 0.05) is 17.3 Å². The number of fused-ring (bicyclic) bond motifs is 1. The average Bonchev–Trinajstić information content (AvgIpc) is 3.20. The molecule has 1 atom stereocenters. The van der Waals surface area contributed by atoms with Crippen LogP contribution in [0.15, 0.2) is 59.5 Å². The minimum atomic E-state index is -4.04. The molecule has 1 N–H and O–H groups in total. The van der Waals surface area contributed by atoms with Crippen LogP contribution in [0, 0.1) is 11.6 Å². The Kier molecular flexibility index (Phi) is 4.36. The Morgan fingerprint density at radius 2 is 1.74 bits per heavy atom. The second kappa shape index (κ2) is 6.58. The van der Waals surface area contributed by atoms with Crippen molar-refractivity contribution in [1.29, 1.82) is 0 Å². The monoisotopic (exact) mass is 388 g/mol. The molecule has 7 heteroatoms. The highest BCUT2D eigenvalue weighted by Gasteiger charge is 2.33. The molecule has 1 aliphatic rings. The van der Waals surface area contributed by atoms with Crippen LogP contribution in [0.4, 0.5) is 8.78 Å². The van der Waals surface area contributed by atoms with Gasteiger partial charge in [-0.2, -0.15) is 0 Å². The van der Waals surface area contributed by atoms with Crippen molar-refractivity contribution in [2.45, 2.75) is 23.8 Å². The SMILES string of the molecule is CNC1CCc2c1cc(-c1cccc(F)c1)n2S(=O)(=O)c1cccc(F)c1. The van der Waals surface area contributed by atoms with E-state index in [1.54, 1.807) is 12.1 Å². The van der Waals surface area contributed by atoms with E-state index in [0.29, 0.717) is 23.4 Å². The third-order valence-electron chi connectivity index (χ3n) is 4.94. The fourth-order valence-corrected chi connectivity index (χ4v) is 5.32. The van der Waals surface area contributed by atoms with E-state index in [0.717, 1.165) is 18.1 Å². The van der Waals surface area contributed by atoms with Gasteiger partial charge in [-0.15, -0.1) is 0 Å². The number of hydrogen-bond acceptors (Lipinski definition) is 3. The molecule has 4 nitrogen and oxygen atoms in total. The van der Waals surface area contributed by atoms with Gasteiger partial charge in [0.2, 0.25) is 0 Å². The van der Waals surface area contributed by atoms with Gasteiger partial charge in [-0.05, 0) is 61.9 Å². The van der Waals surface area contributed by atoms with Gasteiger partial charge in [0.1, 0.15) is 11.6 Å². The van der Waals surface area contributed by atoms with Gasteiger partial charge in [0.05, 0.1) is 10.6 Å². The van der Waals surface area contributed by atoms with E-state index in [4.69, 9.17) is 0 Å². The Balaban J connectivity index is 1.99. The van der Waals surface area contributed by atoms with Crippen molar-refractivity contribution in [3.63, 3.8) is 0 Å². The molecule has 0 bridgehead atoms. The first-order valence-corrected chi connectivity index (χ1v) is 10.0. The van der Waals surface area contributed by atoms with Gasteiger partial charge in [0.15, 0.2) is 0 Å². The molecule has 3 aromatic rings. The summed E-state index contributed by atoms with van der Waals surface area (Å²) in [6.07, 6.45) is 1.33. The number of rotatable bonds is 4. The minimum absolute atomic E-state index is 0.0243. The molecule has 0 spiro atoms. The summed E-state index contributed by atoms with van der Waals surface area (Å²) >= 11 is 0. The summed E-state index contributed by atoms with van der Waals surface area (Å²) in [6, 6.07) is 12.6. The molecule has 1 unspecified atom stereocenters. The van der Waals surface area contributed by atoms with E-state index in [9.17, 15) is 17.2 Å². The minimum Gasteiger partial charge on any atom is -0.313 e. The van der Waals surface area contributed by atoms with Crippen LogP contribution in [-0.2, 0) is 16.4 Å². The molecule has 1 heterocycles. The molecule has 0 amide bonds. The van der Waals surface area contributed by atoms with Crippen molar-refractivity contribution in [2.75, 3.05) is 7.05 Å². The quantitative estimate of drug-likeness (QED) is 0.738. The van der Waals surface area contributed by atoms with E-state index in [2.05, 4.69) is 5.32 Å². The highest BCUT2D eigenvalue weighted by Crippen LogP contribution is 2.39. The molecule has 1 aromatic heterocycles. The molecular formula is C20H18F2N2O2S. The van der Waals surface area contributed by atoms with Crippen LogP contribution in [0.25, 0.3) is 11.3 Å². The Morgan fingerprint density at radius 3 is 2.41 bits per heavy atom. The maximum Gasteiger partial charge on any atom is 0.268 e. The Morgan fingerprint density at radius 1 is 1.04 bits per heavy atom. The molecule has 0 saturated heterocycles. The van der Waals surface area contributed by atoms with Crippen LogP contribution < -0.4 is 5.32 Å². The first-order valence-electron chi connectivity index (χ1n) is 8.60. The van der Waals surface area contributed by atoms with Crippen molar-refractivity contribution >= 4 is 10.0 Å². The van der Waals surface area contributed by atoms with Crippen LogP contribution in [0.2, 0.25) is 0 Å². The fraction of sp³-hybridized carbons (Fsp3) is 0.200. The number of benzene rings is 2. The van der Waals surface area contributed by atoms with Crippen LogP contribution in [0.1, 0.15) is 23.7 Å². The number of nitrogens with zero attached hydrogens (tertiary/aromatic N) is 1. The Hall–Kier alpha value is -2.51. The van der Waals surface area contributed by atoms with Crippen LogP contribution >= 0.6 is 0 Å². The summed E-state index contributed by atoms with van der Waals surface area (Å²) < 4.78 is 55.4. The van der Waals surface area contributed by atoms with Crippen molar-refractivity contribution in [3.05, 3.63) is 77.5 Å². The van der Waals surface area contributed by atoms with Crippen molar-refractivity contribution < 1.29 is 17.2 Å². The molecule has 27 heavy (non-hydrogen) atoms. The Labute approximate surface area is 156 Å². The summed E-state index contributed by atoms with van der Waals surface area (Å²) in [4.78, 5) is -0.133. The summed E-state index contributed by atoms with van der Waals surface area (Å²) in [6.45, 7) is 0. The maximum absolute atomic E-state index is 13.8. The van der Waals surface area contributed by atoms with Crippen LogP contribution in [0.3, 0.4) is 0 Å². The second-order valence-electron chi connectivity index (χ2n) is 6.55. The molecule has 0 radical (unpaired) electrons. The number of halogens is 2. The van der Waals surface area contributed by atoms with Gasteiger partial charge in [-0.1, -0.05) is 18.2 Å². The van der Waals surface area contributed by atoms with E-state index in [1.165, 1.54) is 40.4 Å². The lowest BCUT2D eigenvalue weighted by Gasteiger charge is -2.14. The van der Waals surface area contributed by atoms with Gasteiger partial charge < -0.3 is 5.32 Å². The summed E-state index contributed by atoms with van der Waals surface area (Å²) in [7, 11) is -2.22. The van der Waals surface area contributed by atoms with Crippen LogP contribution in [-0.4, -0.2) is 19.4 Å². The van der Waals surface area contributed by atoms with Gasteiger partial charge in [-0.3, -0.25) is 0 Å². The van der Waals surface area contributed by atoms with Gasteiger partial charge in [0.25, 0.3) is 10.0 Å². The zero-order chi connectivity index (χ0) is 19.2. The molecule has 1 aliphatic carbocycles. The highest BCUT2D eigenvalue weighted by atomic mass is 32.2. The third-order valence-corrected chi connectivity index (χ3v) is 6.69. The van der Waals surface area contributed by atoms with Gasteiger partial charge in [-0.25, -0.2) is 21.2 Å². The molecular weight excluding hydrogens is 370 g/mol.